The van der Waals surface area contributed by atoms with Gasteiger partial charge in [0.25, 0.3) is 0 Å². The van der Waals surface area contributed by atoms with Crippen molar-refractivity contribution in [2.75, 3.05) is 11.9 Å². The molecule has 0 aliphatic carbocycles. The molecule has 0 unspecified atom stereocenters. The van der Waals surface area contributed by atoms with Crippen LogP contribution in [0.1, 0.15) is 12.5 Å². The third-order valence-electron chi connectivity index (χ3n) is 1.85. The third kappa shape index (κ3) is 3.31. The van der Waals surface area contributed by atoms with E-state index in [1.54, 1.807) is 5.32 Å². The summed E-state index contributed by atoms with van der Waals surface area (Å²) < 4.78 is 67.7. The Morgan fingerprint density at radius 2 is 1.94 bits per heavy atom. The minimum absolute atomic E-state index is 0.00562. The van der Waals surface area contributed by atoms with Gasteiger partial charge in [-0.05, 0) is 13.0 Å². The van der Waals surface area contributed by atoms with Crippen LogP contribution in [0, 0.1) is 11.6 Å². The van der Waals surface area contributed by atoms with Crippen molar-refractivity contribution in [2.24, 2.45) is 0 Å². The number of carbonyl (C=O) groups excluding carboxylic acids is 1. The van der Waals surface area contributed by atoms with Crippen LogP contribution in [-0.4, -0.2) is 12.7 Å². The fourth-order valence-corrected chi connectivity index (χ4v) is 1.16. The van der Waals surface area contributed by atoms with Crippen LogP contribution in [0.2, 0.25) is 0 Å². The van der Waals surface area contributed by atoms with Crippen LogP contribution in [0.3, 0.4) is 0 Å². The lowest BCUT2D eigenvalue weighted by Crippen LogP contribution is -2.17. The van der Waals surface area contributed by atoms with Crippen molar-refractivity contribution in [1.29, 1.82) is 0 Å². The molecule has 0 radical (unpaired) electrons. The van der Waals surface area contributed by atoms with Crippen molar-refractivity contribution in [3.63, 3.8) is 0 Å². The lowest BCUT2D eigenvalue weighted by atomic mass is 10.1. The first kappa shape index (κ1) is 14.2. The first-order valence-electron chi connectivity index (χ1n) is 4.75. The largest absolute Gasteiger partial charge is 0.450 e. The summed E-state index contributed by atoms with van der Waals surface area (Å²) in [5.41, 5.74) is -2.73. The fourth-order valence-electron chi connectivity index (χ4n) is 1.16. The number of carbonyl (C=O) groups is 1. The zero-order chi connectivity index (χ0) is 13.9. The molecule has 0 bridgehead atoms. The average molecular weight is 269 g/mol. The highest BCUT2D eigenvalue weighted by Crippen LogP contribution is 2.34. The molecule has 1 aromatic rings. The number of halogens is 5. The molecule has 0 saturated heterocycles. The summed E-state index contributed by atoms with van der Waals surface area (Å²) in [6.07, 6.45) is -6.23. The molecule has 0 aliphatic rings. The van der Waals surface area contributed by atoms with Gasteiger partial charge in [0, 0.05) is 6.07 Å². The third-order valence-corrected chi connectivity index (χ3v) is 1.85. The van der Waals surface area contributed by atoms with Crippen molar-refractivity contribution in [3.8, 4) is 0 Å². The predicted octanol–water partition coefficient (Wildman–Crippen LogP) is 3.55. The Morgan fingerprint density at radius 1 is 1.33 bits per heavy atom. The van der Waals surface area contributed by atoms with Crippen LogP contribution in [0.25, 0.3) is 0 Å². The molecule has 0 saturated carbocycles. The van der Waals surface area contributed by atoms with Gasteiger partial charge in [0.05, 0.1) is 17.9 Å². The van der Waals surface area contributed by atoms with Crippen molar-refractivity contribution in [1.82, 2.24) is 0 Å². The monoisotopic (exact) mass is 269 g/mol. The van der Waals surface area contributed by atoms with Gasteiger partial charge in [-0.2, -0.15) is 13.2 Å². The van der Waals surface area contributed by atoms with Crippen molar-refractivity contribution >= 4 is 11.8 Å². The van der Waals surface area contributed by atoms with Crippen molar-refractivity contribution < 1.29 is 31.5 Å². The molecular formula is C10H8F5NO2. The number of anilines is 1. The summed E-state index contributed by atoms with van der Waals surface area (Å²) in [6.45, 7) is 1.39. The van der Waals surface area contributed by atoms with Crippen LogP contribution in [0.15, 0.2) is 12.1 Å². The van der Waals surface area contributed by atoms with E-state index < -0.39 is 35.2 Å². The minimum Gasteiger partial charge on any atom is -0.450 e. The van der Waals surface area contributed by atoms with E-state index >= 15 is 0 Å². The molecule has 3 nitrogen and oxygen atoms in total. The number of nitrogens with one attached hydrogen (secondary N) is 1. The van der Waals surface area contributed by atoms with Crippen LogP contribution < -0.4 is 5.32 Å². The summed E-state index contributed by atoms with van der Waals surface area (Å²) in [7, 11) is 0. The maximum atomic E-state index is 13.4. The van der Waals surface area contributed by atoms with E-state index in [0.717, 1.165) is 0 Å². The Kier molecular flexibility index (Phi) is 4.10. The zero-order valence-electron chi connectivity index (χ0n) is 9.07. The molecule has 18 heavy (non-hydrogen) atoms. The number of rotatable bonds is 2. The van der Waals surface area contributed by atoms with Crippen LogP contribution in [0.4, 0.5) is 32.4 Å². The SMILES string of the molecule is CCOC(=O)Nc1cc(F)cc(C(F)(F)F)c1F. The van der Waals surface area contributed by atoms with E-state index in [0.29, 0.717) is 6.07 Å². The van der Waals surface area contributed by atoms with Gasteiger partial charge in [-0.3, -0.25) is 5.32 Å². The lowest BCUT2D eigenvalue weighted by molar-refractivity contribution is -0.140. The highest BCUT2D eigenvalue weighted by atomic mass is 19.4. The zero-order valence-corrected chi connectivity index (χ0v) is 9.07. The number of amides is 1. The second-order valence-corrected chi connectivity index (χ2v) is 3.16. The molecule has 0 heterocycles. The maximum absolute atomic E-state index is 13.4. The maximum Gasteiger partial charge on any atom is 0.419 e. The molecule has 1 N–H and O–H groups in total. The molecule has 8 heteroatoms. The van der Waals surface area contributed by atoms with E-state index in [1.165, 1.54) is 6.92 Å². The van der Waals surface area contributed by atoms with E-state index in [1.807, 2.05) is 0 Å². The smallest absolute Gasteiger partial charge is 0.419 e. The Balaban J connectivity index is 3.14. The summed E-state index contributed by atoms with van der Waals surface area (Å²) in [5, 5.41) is 1.69. The predicted molar refractivity (Wildman–Crippen MR) is 52.0 cm³/mol. The molecule has 1 amide bonds. The first-order valence-corrected chi connectivity index (χ1v) is 4.75. The van der Waals surface area contributed by atoms with E-state index in [4.69, 9.17) is 0 Å². The quantitative estimate of drug-likeness (QED) is 0.834. The summed E-state index contributed by atoms with van der Waals surface area (Å²) >= 11 is 0. The Labute approximate surface area is 98.5 Å². The van der Waals surface area contributed by atoms with Crippen LogP contribution >= 0.6 is 0 Å². The van der Waals surface area contributed by atoms with Gasteiger partial charge in [0.15, 0.2) is 5.82 Å². The molecule has 1 aromatic carbocycles. The Hall–Kier alpha value is -1.86. The Morgan fingerprint density at radius 3 is 2.44 bits per heavy atom. The molecule has 100 valence electrons. The van der Waals surface area contributed by atoms with E-state index in [2.05, 4.69) is 4.74 Å². The van der Waals surface area contributed by atoms with Crippen LogP contribution in [0.5, 0.6) is 0 Å². The summed E-state index contributed by atoms with van der Waals surface area (Å²) in [6, 6.07) is 0.438. The normalized spacial score (nSPS) is 11.2. The van der Waals surface area contributed by atoms with E-state index in [-0.39, 0.29) is 12.7 Å². The molecule has 0 atom stereocenters. The second-order valence-electron chi connectivity index (χ2n) is 3.16. The van der Waals surface area contributed by atoms with Crippen molar-refractivity contribution in [3.05, 3.63) is 29.3 Å². The summed E-state index contributed by atoms with van der Waals surface area (Å²) in [4.78, 5) is 10.9. The number of ether oxygens (including phenoxy) is 1. The summed E-state index contributed by atoms with van der Waals surface area (Å²) in [5.74, 6) is -3.09. The van der Waals surface area contributed by atoms with Gasteiger partial charge in [-0.1, -0.05) is 0 Å². The fraction of sp³-hybridized carbons (Fsp3) is 0.300. The highest BCUT2D eigenvalue weighted by Gasteiger charge is 2.36. The van der Waals surface area contributed by atoms with Gasteiger partial charge in [-0.25, -0.2) is 13.6 Å². The molecular weight excluding hydrogens is 261 g/mol. The van der Waals surface area contributed by atoms with Gasteiger partial charge in [0.1, 0.15) is 5.82 Å². The van der Waals surface area contributed by atoms with Gasteiger partial charge in [-0.15, -0.1) is 0 Å². The minimum atomic E-state index is -5.06. The second kappa shape index (κ2) is 5.19. The molecule has 1 rings (SSSR count). The van der Waals surface area contributed by atoms with Gasteiger partial charge in [0.2, 0.25) is 0 Å². The molecule has 0 spiro atoms. The standard InChI is InChI=1S/C10H8F5NO2/c1-2-18-9(17)16-7-4-5(11)3-6(8(7)12)10(13,14)15/h3-4H,2H2,1H3,(H,16,17). The topological polar surface area (TPSA) is 38.3 Å². The number of alkyl halides is 3. The van der Waals surface area contributed by atoms with Gasteiger partial charge >= 0.3 is 12.3 Å². The average Bonchev–Trinajstić information content (AvgIpc) is 2.21. The Bertz CT molecular complexity index is 458. The highest BCUT2D eigenvalue weighted by molar-refractivity contribution is 5.84. The lowest BCUT2D eigenvalue weighted by Gasteiger charge is -2.12. The van der Waals surface area contributed by atoms with Gasteiger partial charge < -0.3 is 4.74 Å². The molecule has 0 fully saturated rings. The molecule has 0 aromatic heterocycles. The number of hydrogen-bond acceptors (Lipinski definition) is 2. The first-order chi connectivity index (χ1) is 8.25. The molecule has 0 aliphatic heterocycles. The van der Waals surface area contributed by atoms with E-state index in [9.17, 15) is 26.7 Å². The number of benzene rings is 1. The van der Waals surface area contributed by atoms with Crippen molar-refractivity contribution in [2.45, 2.75) is 13.1 Å². The van der Waals surface area contributed by atoms with Crippen LogP contribution in [-0.2, 0) is 10.9 Å². The number of hydrogen-bond donors (Lipinski definition) is 1.